The monoisotopic (exact) mass is 300 g/mol. The summed E-state index contributed by atoms with van der Waals surface area (Å²) in [5.41, 5.74) is 2.02. The highest BCUT2D eigenvalue weighted by Gasteiger charge is 2.11. The van der Waals surface area contributed by atoms with Gasteiger partial charge in [-0.1, -0.05) is 29.5 Å². The van der Waals surface area contributed by atoms with Gasteiger partial charge >= 0.3 is 0 Å². The summed E-state index contributed by atoms with van der Waals surface area (Å²) < 4.78 is 0. The van der Waals surface area contributed by atoms with Crippen LogP contribution in [0.4, 0.5) is 5.82 Å². The lowest BCUT2D eigenvalue weighted by Gasteiger charge is -2.07. The number of benzene rings is 1. The van der Waals surface area contributed by atoms with E-state index in [1.54, 1.807) is 24.3 Å². The van der Waals surface area contributed by atoms with Crippen LogP contribution in [0.3, 0.4) is 0 Å². The third kappa shape index (κ3) is 4.06. The Morgan fingerprint density at radius 2 is 2.19 bits per heavy atom. The molecule has 1 aromatic heterocycles. The SMILES string of the molecule is Cc1ccc(C(=O)Nc2cc(C#CCO)ccn2)c(Cl)c1. The van der Waals surface area contributed by atoms with Gasteiger partial charge in [0.2, 0.25) is 0 Å². The molecule has 0 spiro atoms. The van der Waals surface area contributed by atoms with Crippen LogP contribution >= 0.6 is 11.6 Å². The van der Waals surface area contributed by atoms with Crippen molar-refractivity contribution in [3.05, 3.63) is 58.2 Å². The number of rotatable bonds is 2. The van der Waals surface area contributed by atoms with Gasteiger partial charge in [0, 0.05) is 11.8 Å². The molecule has 0 atom stereocenters. The number of aromatic nitrogens is 1. The third-order valence-corrected chi connectivity index (χ3v) is 3.00. The van der Waals surface area contributed by atoms with E-state index < -0.39 is 0 Å². The molecule has 1 heterocycles. The lowest BCUT2D eigenvalue weighted by atomic mass is 10.1. The average Bonchev–Trinajstić information content (AvgIpc) is 2.45. The van der Waals surface area contributed by atoms with Crippen molar-refractivity contribution in [1.82, 2.24) is 4.98 Å². The Balaban J connectivity index is 2.19. The number of carbonyl (C=O) groups is 1. The van der Waals surface area contributed by atoms with Crippen molar-refractivity contribution in [2.75, 3.05) is 11.9 Å². The summed E-state index contributed by atoms with van der Waals surface area (Å²) >= 11 is 6.06. The van der Waals surface area contributed by atoms with Crippen LogP contribution in [0.5, 0.6) is 0 Å². The van der Waals surface area contributed by atoms with Crippen LogP contribution in [0.2, 0.25) is 5.02 Å². The van der Waals surface area contributed by atoms with Gasteiger partial charge in [0.05, 0.1) is 10.6 Å². The number of halogens is 1. The topological polar surface area (TPSA) is 62.2 Å². The van der Waals surface area contributed by atoms with Crippen molar-refractivity contribution >= 4 is 23.3 Å². The Morgan fingerprint density at radius 3 is 2.90 bits per heavy atom. The molecule has 2 aromatic rings. The molecule has 0 fully saturated rings. The first-order chi connectivity index (χ1) is 10.1. The van der Waals surface area contributed by atoms with Crippen molar-refractivity contribution in [2.45, 2.75) is 6.92 Å². The van der Waals surface area contributed by atoms with Gasteiger partial charge in [0.15, 0.2) is 0 Å². The maximum absolute atomic E-state index is 12.2. The van der Waals surface area contributed by atoms with E-state index in [1.165, 1.54) is 6.20 Å². The van der Waals surface area contributed by atoms with E-state index in [4.69, 9.17) is 16.7 Å². The number of aliphatic hydroxyl groups excluding tert-OH is 1. The van der Waals surface area contributed by atoms with Gasteiger partial charge in [-0.25, -0.2) is 4.98 Å². The molecule has 21 heavy (non-hydrogen) atoms. The van der Waals surface area contributed by atoms with Crippen LogP contribution in [-0.2, 0) is 0 Å². The van der Waals surface area contributed by atoms with E-state index in [9.17, 15) is 4.79 Å². The lowest BCUT2D eigenvalue weighted by molar-refractivity contribution is 0.102. The molecule has 5 heteroatoms. The molecule has 0 saturated carbocycles. The first kappa shape index (κ1) is 15.0. The number of anilines is 1. The second kappa shape index (κ2) is 6.89. The molecule has 1 aromatic carbocycles. The number of amides is 1. The fourth-order valence-electron chi connectivity index (χ4n) is 1.71. The Labute approximate surface area is 127 Å². The van der Waals surface area contributed by atoms with Crippen molar-refractivity contribution < 1.29 is 9.90 Å². The molecule has 106 valence electrons. The molecular weight excluding hydrogens is 288 g/mol. The fourth-order valence-corrected chi connectivity index (χ4v) is 2.03. The third-order valence-electron chi connectivity index (χ3n) is 2.68. The van der Waals surface area contributed by atoms with Crippen LogP contribution in [0.1, 0.15) is 21.5 Å². The zero-order chi connectivity index (χ0) is 15.2. The van der Waals surface area contributed by atoms with Gasteiger partial charge in [0.25, 0.3) is 5.91 Å². The molecule has 0 aliphatic rings. The molecule has 2 rings (SSSR count). The molecule has 2 N–H and O–H groups in total. The number of nitrogens with one attached hydrogen (secondary N) is 1. The van der Waals surface area contributed by atoms with Crippen molar-refractivity contribution in [2.24, 2.45) is 0 Å². The normalized spacial score (nSPS) is 9.67. The average molecular weight is 301 g/mol. The minimum absolute atomic E-state index is 0.219. The van der Waals surface area contributed by atoms with Gasteiger partial charge in [-0.15, -0.1) is 0 Å². The maximum atomic E-state index is 12.2. The van der Waals surface area contributed by atoms with Crippen LogP contribution < -0.4 is 5.32 Å². The minimum Gasteiger partial charge on any atom is -0.384 e. The van der Waals surface area contributed by atoms with Crippen molar-refractivity contribution in [3.63, 3.8) is 0 Å². The number of pyridine rings is 1. The van der Waals surface area contributed by atoms with E-state index in [1.807, 2.05) is 13.0 Å². The van der Waals surface area contributed by atoms with E-state index in [2.05, 4.69) is 22.1 Å². The Hall–Kier alpha value is -2.35. The highest BCUT2D eigenvalue weighted by atomic mass is 35.5. The standard InChI is InChI=1S/C16H13ClN2O2/c1-11-4-5-13(14(17)9-11)16(21)19-15-10-12(3-2-8-20)6-7-18-15/h4-7,9-10,20H,8H2,1H3,(H,18,19,21). The van der Waals surface area contributed by atoms with Gasteiger partial charge in [-0.05, 0) is 36.8 Å². The smallest absolute Gasteiger partial charge is 0.258 e. The summed E-state index contributed by atoms with van der Waals surface area (Å²) in [6.07, 6.45) is 1.54. The summed E-state index contributed by atoms with van der Waals surface area (Å²) in [4.78, 5) is 16.2. The first-order valence-corrected chi connectivity index (χ1v) is 6.61. The minimum atomic E-state index is -0.334. The Kier molecular flexibility index (Phi) is 4.94. The Morgan fingerprint density at radius 1 is 1.38 bits per heavy atom. The molecule has 0 unspecified atom stereocenters. The van der Waals surface area contributed by atoms with Gasteiger partial charge in [0.1, 0.15) is 12.4 Å². The van der Waals surface area contributed by atoms with E-state index in [0.717, 1.165) is 5.56 Å². The van der Waals surface area contributed by atoms with Crippen LogP contribution in [0.15, 0.2) is 36.5 Å². The second-order valence-electron chi connectivity index (χ2n) is 4.33. The lowest BCUT2D eigenvalue weighted by Crippen LogP contribution is -2.13. The highest BCUT2D eigenvalue weighted by Crippen LogP contribution is 2.19. The Bertz CT molecular complexity index is 733. The van der Waals surface area contributed by atoms with Crippen LogP contribution in [-0.4, -0.2) is 22.6 Å². The molecule has 0 bridgehead atoms. The zero-order valence-electron chi connectivity index (χ0n) is 11.4. The largest absolute Gasteiger partial charge is 0.384 e. The van der Waals surface area contributed by atoms with Crippen LogP contribution in [0.25, 0.3) is 0 Å². The molecule has 0 saturated heterocycles. The van der Waals surface area contributed by atoms with E-state index in [-0.39, 0.29) is 12.5 Å². The van der Waals surface area contributed by atoms with Crippen LogP contribution in [0, 0.1) is 18.8 Å². The number of nitrogens with zero attached hydrogens (tertiary/aromatic N) is 1. The van der Waals surface area contributed by atoms with Gasteiger partial charge in [-0.3, -0.25) is 4.79 Å². The molecule has 0 aliphatic heterocycles. The summed E-state index contributed by atoms with van der Waals surface area (Å²) in [6.45, 7) is 1.68. The molecular formula is C16H13ClN2O2. The zero-order valence-corrected chi connectivity index (χ0v) is 12.1. The fraction of sp³-hybridized carbons (Fsp3) is 0.125. The number of aryl methyl sites for hydroxylation is 1. The van der Waals surface area contributed by atoms with E-state index in [0.29, 0.717) is 22.0 Å². The number of carbonyl (C=O) groups excluding carboxylic acids is 1. The second-order valence-corrected chi connectivity index (χ2v) is 4.73. The quantitative estimate of drug-likeness (QED) is 0.838. The first-order valence-electron chi connectivity index (χ1n) is 6.23. The summed E-state index contributed by atoms with van der Waals surface area (Å²) in [5, 5.41) is 11.7. The predicted octanol–water partition coefficient (Wildman–Crippen LogP) is 2.64. The highest BCUT2D eigenvalue weighted by molar-refractivity contribution is 6.34. The van der Waals surface area contributed by atoms with Gasteiger partial charge < -0.3 is 10.4 Å². The van der Waals surface area contributed by atoms with Gasteiger partial charge in [-0.2, -0.15) is 0 Å². The summed E-state index contributed by atoms with van der Waals surface area (Å²) in [5.74, 6) is 5.33. The molecule has 0 radical (unpaired) electrons. The number of hydrogen-bond acceptors (Lipinski definition) is 3. The molecule has 0 aliphatic carbocycles. The molecule has 1 amide bonds. The summed E-state index contributed by atoms with van der Waals surface area (Å²) in [6, 6.07) is 8.53. The van der Waals surface area contributed by atoms with Crippen molar-refractivity contribution in [1.29, 1.82) is 0 Å². The maximum Gasteiger partial charge on any atom is 0.258 e. The van der Waals surface area contributed by atoms with E-state index >= 15 is 0 Å². The number of aliphatic hydroxyl groups is 1. The summed E-state index contributed by atoms with van der Waals surface area (Å²) in [7, 11) is 0. The molecule has 4 nitrogen and oxygen atoms in total. The number of hydrogen-bond donors (Lipinski definition) is 2. The predicted molar refractivity (Wildman–Crippen MR) is 82.3 cm³/mol. The van der Waals surface area contributed by atoms with Crippen molar-refractivity contribution in [3.8, 4) is 11.8 Å².